The second kappa shape index (κ2) is 7.94. The van der Waals surface area contributed by atoms with E-state index in [-0.39, 0.29) is 17.1 Å². The Labute approximate surface area is 150 Å². The van der Waals surface area contributed by atoms with Crippen molar-refractivity contribution in [2.75, 3.05) is 6.61 Å². The van der Waals surface area contributed by atoms with E-state index in [1.54, 1.807) is 6.07 Å². The Morgan fingerprint density at radius 2 is 2.04 bits per heavy atom. The number of aryl methyl sites for hydroxylation is 1. The number of aromatic hydroxyl groups is 1. The first kappa shape index (κ1) is 19.4. The van der Waals surface area contributed by atoms with Crippen molar-refractivity contribution in [1.82, 2.24) is 0 Å². The largest absolute Gasteiger partial charge is 0.508 e. The summed E-state index contributed by atoms with van der Waals surface area (Å²) in [7, 11) is 0. The molecule has 1 aliphatic rings. The Morgan fingerprint density at radius 1 is 1.32 bits per heavy atom. The van der Waals surface area contributed by atoms with Crippen LogP contribution in [0.15, 0.2) is 23.3 Å². The van der Waals surface area contributed by atoms with Gasteiger partial charge in [-0.25, -0.2) is 4.79 Å². The van der Waals surface area contributed by atoms with E-state index in [0.29, 0.717) is 24.0 Å². The summed E-state index contributed by atoms with van der Waals surface area (Å²) in [6, 6.07) is 2.96. The van der Waals surface area contributed by atoms with E-state index < -0.39 is 5.97 Å². The van der Waals surface area contributed by atoms with Crippen molar-refractivity contribution in [3.8, 4) is 11.5 Å². The monoisotopic (exact) mass is 346 g/mol. The molecule has 4 nitrogen and oxygen atoms in total. The van der Waals surface area contributed by atoms with Crippen LogP contribution in [-0.4, -0.2) is 22.8 Å². The number of ether oxygens (including phenoxy) is 1. The van der Waals surface area contributed by atoms with Crippen molar-refractivity contribution >= 4 is 5.97 Å². The number of allylic oxidation sites excluding steroid dienone is 1. The maximum atomic E-state index is 11.7. The molecule has 1 aromatic carbocycles. The fourth-order valence-electron chi connectivity index (χ4n) is 3.57. The molecule has 1 aromatic rings. The highest BCUT2D eigenvalue weighted by Crippen LogP contribution is 2.39. The van der Waals surface area contributed by atoms with Gasteiger partial charge in [0, 0.05) is 6.07 Å². The van der Waals surface area contributed by atoms with Gasteiger partial charge in [0.1, 0.15) is 23.7 Å². The molecule has 25 heavy (non-hydrogen) atoms. The molecule has 2 N–H and O–H groups in total. The summed E-state index contributed by atoms with van der Waals surface area (Å²) in [6.07, 6.45) is 5.59. The van der Waals surface area contributed by atoms with Gasteiger partial charge in [0.15, 0.2) is 0 Å². The molecule has 0 aromatic heterocycles. The van der Waals surface area contributed by atoms with Crippen LogP contribution in [0.4, 0.5) is 0 Å². The van der Waals surface area contributed by atoms with E-state index in [0.717, 1.165) is 32.1 Å². The van der Waals surface area contributed by atoms with E-state index in [1.165, 1.54) is 17.2 Å². The molecule has 0 amide bonds. The lowest BCUT2D eigenvalue weighted by Crippen LogP contribution is -2.20. The van der Waals surface area contributed by atoms with Gasteiger partial charge < -0.3 is 14.9 Å². The molecule has 0 spiro atoms. The van der Waals surface area contributed by atoms with Gasteiger partial charge in [-0.3, -0.25) is 0 Å². The number of hydrogen-bond acceptors (Lipinski definition) is 3. The van der Waals surface area contributed by atoms with Gasteiger partial charge in [0.05, 0.1) is 0 Å². The smallest absolute Gasteiger partial charge is 0.339 e. The van der Waals surface area contributed by atoms with Crippen molar-refractivity contribution in [2.45, 2.75) is 66.2 Å². The predicted octanol–water partition coefficient (Wildman–Crippen LogP) is 5.34. The minimum absolute atomic E-state index is 0.0570. The minimum Gasteiger partial charge on any atom is -0.508 e. The highest BCUT2D eigenvalue weighted by atomic mass is 16.5. The first-order valence-corrected chi connectivity index (χ1v) is 9.13. The molecule has 0 bridgehead atoms. The van der Waals surface area contributed by atoms with E-state index in [4.69, 9.17) is 4.74 Å². The Kier molecular flexibility index (Phi) is 6.15. The van der Waals surface area contributed by atoms with Crippen molar-refractivity contribution in [1.29, 1.82) is 0 Å². The zero-order chi connectivity index (χ0) is 18.6. The van der Waals surface area contributed by atoms with Crippen LogP contribution in [0.2, 0.25) is 0 Å². The second-order valence-corrected chi connectivity index (χ2v) is 7.90. The van der Waals surface area contributed by atoms with Crippen LogP contribution in [-0.2, 0) is 6.42 Å². The summed E-state index contributed by atoms with van der Waals surface area (Å²) in [5.41, 5.74) is 3.71. The van der Waals surface area contributed by atoms with Crippen LogP contribution < -0.4 is 4.74 Å². The van der Waals surface area contributed by atoms with Gasteiger partial charge in [-0.2, -0.15) is 0 Å². The summed E-state index contributed by atoms with van der Waals surface area (Å²) < 4.78 is 5.88. The molecule has 0 atom stereocenters. The van der Waals surface area contributed by atoms with E-state index in [2.05, 4.69) is 27.7 Å². The van der Waals surface area contributed by atoms with Gasteiger partial charge in [-0.15, -0.1) is 0 Å². The lowest BCUT2D eigenvalue weighted by atomic mass is 9.75. The highest BCUT2D eigenvalue weighted by Gasteiger charge is 2.26. The normalized spacial score (nSPS) is 16.8. The van der Waals surface area contributed by atoms with Crippen molar-refractivity contribution in [2.24, 2.45) is 5.41 Å². The molecule has 0 fully saturated rings. The Morgan fingerprint density at radius 3 is 2.64 bits per heavy atom. The van der Waals surface area contributed by atoms with Gasteiger partial charge in [-0.05, 0) is 61.6 Å². The third-order valence-corrected chi connectivity index (χ3v) is 5.03. The molecule has 2 rings (SSSR count). The van der Waals surface area contributed by atoms with Gasteiger partial charge in [0.25, 0.3) is 0 Å². The fourth-order valence-corrected chi connectivity index (χ4v) is 3.57. The standard InChI is InChI=1S/C21H30O4/c1-5-6-7-15-10-17(22)11-18(19(15)20(23)24)25-13-16-8-9-21(3,4)12-14(16)2/h10-11,22H,5-9,12-13H2,1-4H3,(H,23,24). The summed E-state index contributed by atoms with van der Waals surface area (Å²) in [5, 5.41) is 19.6. The zero-order valence-electron chi connectivity index (χ0n) is 15.8. The maximum Gasteiger partial charge on any atom is 0.339 e. The quantitative estimate of drug-likeness (QED) is 0.654. The number of phenols is 1. The van der Waals surface area contributed by atoms with Crippen LogP contribution in [0.3, 0.4) is 0 Å². The Balaban J connectivity index is 2.24. The zero-order valence-corrected chi connectivity index (χ0v) is 15.8. The molecule has 1 aliphatic carbocycles. The van der Waals surface area contributed by atoms with Crippen LogP contribution in [0.5, 0.6) is 11.5 Å². The Hall–Kier alpha value is -1.97. The molecule has 0 radical (unpaired) electrons. The second-order valence-electron chi connectivity index (χ2n) is 7.90. The summed E-state index contributed by atoms with van der Waals surface area (Å²) in [4.78, 5) is 11.7. The molecular formula is C21H30O4. The number of rotatable bonds is 7. The summed E-state index contributed by atoms with van der Waals surface area (Å²) in [5.74, 6) is -0.679. The number of aromatic carboxylic acids is 1. The lowest BCUT2D eigenvalue weighted by molar-refractivity contribution is 0.0691. The topological polar surface area (TPSA) is 66.8 Å². The molecule has 0 unspecified atom stereocenters. The average molecular weight is 346 g/mol. The minimum atomic E-state index is -1.00. The third-order valence-electron chi connectivity index (χ3n) is 5.03. The number of carbonyl (C=O) groups is 1. The first-order valence-electron chi connectivity index (χ1n) is 9.13. The van der Waals surface area contributed by atoms with Crippen molar-refractivity contribution in [3.05, 3.63) is 34.4 Å². The van der Waals surface area contributed by atoms with Crippen LogP contribution in [0.25, 0.3) is 0 Å². The number of hydrogen-bond donors (Lipinski definition) is 2. The molecule has 4 heteroatoms. The summed E-state index contributed by atoms with van der Waals surface area (Å²) in [6.45, 7) is 9.12. The number of phenolic OH excluding ortho intramolecular Hbond substituents is 1. The number of carboxylic acids is 1. The lowest BCUT2D eigenvalue weighted by Gasteiger charge is -2.32. The van der Waals surface area contributed by atoms with E-state index in [9.17, 15) is 15.0 Å². The van der Waals surface area contributed by atoms with Gasteiger partial charge in [-0.1, -0.05) is 32.8 Å². The fraction of sp³-hybridized carbons (Fsp3) is 0.571. The average Bonchev–Trinajstić information content (AvgIpc) is 2.50. The molecular weight excluding hydrogens is 316 g/mol. The predicted molar refractivity (Wildman–Crippen MR) is 99.5 cm³/mol. The molecule has 0 aliphatic heterocycles. The van der Waals surface area contributed by atoms with Crippen LogP contribution in [0.1, 0.15) is 75.7 Å². The van der Waals surface area contributed by atoms with Crippen LogP contribution >= 0.6 is 0 Å². The number of unbranched alkanes of at least 4 members (excludes halogenated alkanes) is 1. The van der Waals surface area contributed by atoms with E-state index in [1.807, 2.05) is 0 Å². The van der Waals surface area contributed by atoms with Gasteiger partial charge >= 0.3 is 5.97 Å². The highest BCUT2D eigenvalue weighted by molar-refractivity contribution is 5.93. The van der Waals surface area contributed by atoms with Crippen molar-refractivity contribution < 1.29 is 19.7 Å². The third kappa shape index (κ3) is 5.00. The molecule has 0 saturated heterocycles. The summed E-state index contributed by atoms with van der Waals surface area (Å²) >= 11 is 0. The number of carboxylic acid groups (broad SMARTS) is 1. The van der Waals surface area contributed by atoms with Crippen LogP contribution in [0, 0.1) is 5.41 Å². The molecule has 138 valence electrons. The molecule has 0 heterocycles. The SMILES string of the molecule is CCCCc1cc(O)cc(OCC2=C(C)CC(C)(C)CC2)c1C(=O)O. The van der Waals surface area contributed by atoms with Gasteiger partial charge in [0.2, 0.25) is 0 Å². The number of benzene rings is 1. The maximum absolute atomic E-state index is 11.7. The Bertz CT molecular complexity index is 671. The first-order chi connectivity index (χ1) is 11.7. The van der Waals surface area contributed by atoms with E-state index >= 15 is 0 Å². The molecule has 0 saturated carbocycles. The van der Waals surface area contributed by atoms with Crippen molar-refractivity contribution in [3.63, 3.8) is 0 Å².